The van der Waals surface area contributed by atoms with Crippen molar-refractivity contribution in [3.05, 3.63) is 23.3 Å². The van der Waals surface area contributed by atoms with Crippen LogP contribution < -0.4 is 4.74 Å². The van der Waals surface area contributed by atoms with Crippen LogP contribution >= 0.6 is 0 Å². The second-order valence-corrected chi connectivity index (χ2v) is 9.01. The van der Waals surface area contributed by atoms with Gasteiger partial charge in [-0.3, -0.25) is 4.90 Å². The van der Waals surface area contributed by atoms with E-state index in [0.29, 0.717) is 30.9 Å². The van der Waals surface area contributed by atoms with Crippen LogP contribution in [-0.4, -0.2) is 51.9 Å². The third-order valence-electron chi connectivity index (χ3n) is 7.74. The molecule has 2 bridgehead atoms. The van der Waals surface area contributed by atoms with E-state index in [1.54, 1.807) is 6.07 Å². The van der Waals surface area contributed by atoms with Gasteiger partial charge < -0.3 is 14.9 Å². The van der Waals surface area contributed by atoms with Crippen molar-refractivity contribution in [3.8, 4) is 11.5 Å². The number of hydrogen-bond acceptors (Lipinski definition) is 4. The number of likely N-dealkylation sites (tertiary alicyclic amines) is 1. The molecule has 1 saturated heterocycles. The van der Waals surface area contributed by atoms with Crippen LogP contribution in [0.4, 0.5) is 8.78 Å². The summed E-state index contributed by atoms with van der Waals surface area (Å²) >= 11 is 0. The molecule has 1 aromatic rings. The number of benzene rings is 1. The summed E-state index contributed by atoms with van der Waals surface area (Å²) in [4.78, 5) is 2.34. The van der Waals surface area contributed by atoms with Gasteiger partial charge in [0.05, 0.1) is 11.0 Å². The van der Waals surface area contributed by atoms with E-state index in [2.05, 4.69) is 4.90 Å². The van der Waals surface area contributed by atoms with Gasteiger partial charge in [0.25, 0.3) is 5.92 Å². The summed E-state index contributed by atoms with van der Waals surface area (Å²) in [6.45, 7) is 1.65. The normalized spacial score (nSPS) is 42.3. The number of aromatic hydroxyl groups is 1. The van der Waals surface area contributed by atoms with Crippen LogP contribution in [0.2, 0.25) is 0 Å². The SMILES string of the molecule is Oc1ccc2c3c1O[C@@H]1C(F)(F)CC[C@]4(O)[C@H](C2)N(CC2CC2)CC[C@@]314. The molecule has 6 rings (SSSR count). The van der Waals surface area contributed by atoms with E-state index in [-0.39, 0.29) is 30.4 Å². The van der Waals surface area contributed by atoms with Crippen LogP contribution in [0.25, 0.3) is 0 Å². The zero-order valence-electron chi connectivity index (χ0n) is 14.5. The average molecular weight is 363 g/mol. The highest BCUT2D eigenvalue weighted by molar-refractivity contribution is 5.62. The van der Waals surface area contributed by atoms with Crippen molar-refractivity contribution in [2.75, 3.05) is 13.1 Å². The lowest BCUT2D eigenvalue weighted by Crippen LogP contribution is -2.78. The Balaban J connectivity index is 1.58. The Kier molecular flexibility index (Phi) is 2.72. The molecule has 4 nitrogen and oxygen atoms in total. The molecule has 140 valence electrons. The third-order valence-corrected chi connectivity index (χ3v) is 7.74. The fourth-order valence-corrected chi connectivity index (χ4v) is 6.41. The number of rotatable bonds is 2. The lowest BCUT2D eigenvalue weighted by Gasteiger charge is -2.64. The van der Waals surface area contributed by atoms with Gasteiger partial charge in [-0.1, -0.05) is 6.07 Å². The highest BCUT2D eigenvalue weighted by Gasteiger charge is 2.77. The molecule has 0 aromatic heterocycles. The third kappa shape index (κ3) is 1.62. The van der Waals surface area contributed by atoms with Crippen LogP contribution in [0.3, 0.4) is 0 Å². The smallest absolute Gasteiger partial charge is 0.285 e. The number of phenols is 1. The summed E-state index contributed by atoms with van der Waals surface area (Å²) in [7, 11) is 0. The number of halogens is 2. The van der Waals surface area contributed by atoms with Gasteiger partial charge in [-0.15, -0.1) is 0 Å². The minimum atomic E-state index is -3.00. The molecule has 5 aliphatic rings. The van der Waals surface area contributed by atoms with Crippen LogP contribution in [0.1, 0.15) is 43.2 Å². The van der Waals surface area contributed by atoms with Crippen molar-refractivity contribution in [2.24, 2.45) is 5.92 Å². The fourth-order valence-electron chi connectivity index (χ4n) is 6.41. The number of aliphatic hydroxyl groups is 1. The van der Waals surface area contributed by atoms with Gasteiger partial charge >= 0.3 is 0 Å². The van der Waals surface area contributed by atoms with E-state index in [9.17, 15) is 19.0 Å². The van der Waals surface area contributed by atoms with E-state index in [1.807, 2.05) is 6.07 Å². The summed E-state index contributed by atoms with van der Waals surface area (Å²) in [6.07, 6.45) is 1.87. The molecular weight excluding hydrogens is 340 g/mol. The fraction of sp³-hybridized carbons (Fsp3) is 0.700. The summed E-state index contributed by atoms with van der Waals surface area (Å²) < 4.78 is 35.6. The molecule has 2 N–H and O–H groups in total. The summed E-state index contributed by atoms with van der Waals surface area (Å²) in [5, 5.41) is 22.2. The predicted octanol–water partition coefficient (Wildman–Crippen LogP) is 2.59. The Morgan fingerprint density at radius 2 is 2.00 bits per heavy atom. The molecule has 6 heteroatoms. The van der Waals surface area contributed by atoms with Crippen molar-refractivity contribution >= 4 is 0 Å². The van der Waals surface area contributed by atoms with Gasteiger partial charge in [0, 0.05) is 24.6 Å². The molecule has 1 spiro atoms. The molecular formula is C20H23F2NO3. The predicted molar refractivity (Wildman–Crippen MR) is 89.7 cm³/mol. The first-order valence-electron chi connectivity index (χ1n) is 9.73. The molecule has 3 fully saturated rings. The molecule has 1 aromatic carbocycles. The van der Waals surface area contributed by atoms with E-state index < -0.39 is 23.0 Å². The van der Waals surface area contributed by atoms with Crippen LogP contribution in [0.15, 0.2) is 12.1 Å². The Morgan fingerprint density at radius 3 is 2.77 bits per heavy atom. The van der Waals surface area contributed by atoms with E-state index >= 15 is 0 Å². The minimum Gasteiger partial charge on any atom is -0.504 e. The van der Waals surface area contributed by atoms with Crippen molar-refractivity contribution in [1.29, 1.82) is 0 Å². The molecule has 0 radical (unpaired) electrons. The summed E-state index contributed by atoms with van der Waals surface area (Å²) in [5.41, 5.74) is -0.723. The second-order valence-electron chi connectivity index (χ2n) is 9.01. The van der Waals surface area contributed by atoms with Gasteiger partial charge in [-0.25, -0.2) is 8.78 Å². The quantitative estimate of drug-likeness (QED) is 0.848. The summed E-state index contributed by atoms with van der Waals surface area (Å²) in [5.74, 6) is -2.23. The first-order chi connectivity index (χ1) is 12.4. The van der Waals surface area contributed by atoms with Crippen LogP contribution in [0, 0.1) is 5.92 Å². The standard InChI is InChI=1S/C20H23F2NO3/c21-20(22)6-5-19(25)14-9-12-3-4-13(24)16-15(12)18(19,17(20)26-16)7-8-23(14)10-11-1-2-11/h3-4,11,14,17,24-25H,1-2,5-10H2/t14-,17-,18+,19-/m0/s1. The Labute approximate surface area is 150 Å². The van der Waals surface area contributed by atoms with E-state index in [1.165, 1.54) is 12.8 Å². The minimum absolute atomic E-state index is 0.0836. The lowest BCUT2D eigenvalue weighted by molar-refractivity contribution is -0.248. The van der Waals surface area contributed by atoms with Crippen molar-refractivity contribution in [2.45, 2.75) is 67.6 Å². The molecule has 26 heavy (non-hydrogen) atoms. The zero-order valence-corrected chi connectivity index (χ0v) is 14.5. The van der Waals surface area contributed by atoms with E-state index in [0.717, 1.165) is 12.1 Å². The number of ether oxygens (including phenoxy) is 1. The maximum Gasteiger partial charge on any atom is 0.285 e. The van der Waals surface area contributed by atoms with Crippen LogP contribution in [0.5, 0.6) is 11.5 Å². The van der Waals surface area contributed by atoms with Crippen molar-refractivity contribution in [1.82, 2.24) is 4.90 Å². The molecule has 3 aliphatic carbocycles. The molecule has 2 saturated carbocycles. The second kappa shape index (κ2) is 4.53. The van der Waals surface area contributed by atoms with Crippen molar-refractivity contribution in [3.63, 3.8) is 0 Å². The monoisotopic (exact) mass is 363 g/mol. The number of nitrogens with zero attached hydrogens (tertiary/aromatic N) is 1. The molecule has 0 amide bonds. The van der Waals surface area contributed by atoms with Gasteiger partial charge in [0.2, 0.25) is 0 Å². The Hall–Kier alpha value is -1.40. The Bertz CT molecular complexity index is 810. The molecule has 0 unspecified atom stereocenters. The first kappa shape index (κ1) is 15.6. The van der Waals surface area contributed by atoms with Gasteiger partial charge in [0.15, 0.2) is 17.6 Å². The number of hydrogen-bond donors (Lipinski definition) is 2. The molecule has 2 heterocycles. The largest absolute Gasteiger partial charge is 0.504 e. The molecule has 4 atom stereocenters. The number of phenolic OH excluding ortho intramolecular Hbond substituents is 1. The average Bonchev–Trinajstić information content (AvgIpc) is 3.32. The Morgan fingerprint density at radius 1 is 1.19 bits per heavy atom. The van der Waals surface area contributed by atoms with Gasteiger partial charge in [-0.2, -0.15) is 0 Å². The van der Waals surface area contributed by atoms with Gasteiger partial charge in [0.1, 0.15) is 0 Å². The maximum absolute atomic E-state index is 14.9. The van der Waals surface area contributed by atoms with E-state index in [4.69, 9.17) is 4.74 Å². The zero-order chi connectivity index (χ0) is 17.9. The number of piperidine rings is 1. The molecule has 2 aliphatic heterocycles. The lowest BCUT2D eigenvalue weighted by atomic mass is 9.48. The summed E-state index contributed by atoms with van der Waals surface area (Å²) in [6, 6.07) is 3.23. The first-order valence-corrected chi connectivity index (χ1v) is 9.73. The highest BCUT2D eigenvalue weighted by Crippen LogP contribution is 2.67. The maximum atomic E-state index is 14.9. The van der Waals surface area contributed by atoms with Gasteiger partial charge in [-0.05, 0) is 56.2 Å². The number of alkyl halides is 2. The highest BCUT2D eigenvalue weighted by atomic mass is 19.3. The topological polar surface area (TPSA) is 52.9 Å². The van der Waals surface area contributed by atoms with Crippen LogP contribution in [-0.2, 0) is 11.8 Å². The van der Waals surface area contributed by atoms with Crippen molar-refractivity contribution < 1.29 is 23.7 Å².